The Hall–Kier alpha value is -1.26. The second kappa shape index (κ2) is 7.09. The molecule has 0 radical (unpaired) electrons. The van der Waals surface area contributed by atoms with Gasteiger partial charge in [0.25, 0.3) is 0 Å². The lowest BCUT2D eigenvalue weighted by molar-refractivity contribution is 0.0759. The molecule has 0 heterocycles. The second-order valence-electron chi connectivity index (χ2n) is 3.62. The van der Waals surface area contributed by atoms with Gasteiger partial charge in [0.1, 0.15) is 0 Å². The molecule has 3 N–H and O–H groups in total. The molecule has 4 nitrogen and oxygen atoms in total. The highest BCUT2D eigenvalue weighted by Crippen LogP contribution is 2.18. The van der Waals surface area contributed by atoms with Gasteiger partial charge in [-0.25, -0.2) is 0 Å². The molecule has 0 unspecified atom stereocenters. The molecule has 1 aromatic rings. The maximum absolute atomic E-state index is 5.83. The summed E-state index contributed by atoms with van der Waals surface area (Å²) in [5, 5.41) is 3.24. The Morgan fingerprint density at radius 1 is 1.25 bits per heavy atom. The van der Waals surface area contributed by atoms with Crippen LogP contribution in [0.15, 0.2) is 18.2 Å². The zero-order valence-corrected chi connectivity index (χ0v) is 9.95. The summed E-state index contributed by atoms with van der Waals surface area (Å²) >= 11 is 0. The Kier molecular flexibility index (Phi) is 5.67. The fourth-order valence-electron chi connectivity index (χ4n) is 1.33. The van der Waals surface area contributed by atoms with Crippen molar-refractivity contribution in [2.45, 2.75) is 6.92 Å². The van der Waals surface area contributed by atoms with Gasteiger partial charge in [0, 0.05) is 13.7 Å². The highest BCUT2D eigenvalue weighted by Gasteiger charge is 1.97. The van der Waals surface area contributed by atoms with Crippen LogP contribution in [0.3, 0.4) is 0 Å². The summed E-state index contributed by atoms with van der Waals surface area (Å²) < 4.78 is 10.2. The zero-order valence-electron chi connectivity index (χ0n) is 9.95. The Labute approximate surface area is 96.7 Å². The molecular weight excluding hydrogens is 204 g/mol. The van der Waals surface area contributed by atoms with Crippen molar-refractivity contribution in [3.63, 3.8) is 0 Å². The van der Waals surface area contributed by atoms with Crippen molar-refractivity contribution in [3.05, 3.63) is 23.8 Å². The Balaban J connectivity index is 2.23. The van der Waals surface area contributed by atoms with Crippen molar-refractivity contribution in [1.82, 2.24) is 0 Å². The number of nitrogens with one attached hydrogen (secondary N) is 1. The van der Waals surface area contributed by atoms with Crippen molar-refractivity contribution in [2.24, 2.45) is 0 Å². The van der Waals surface area contributed by atoms with E-state index in [1.54, 1.807) is 7.11 Å². The van der Waals surface area contributed by atoms with Crippen LogP contribution in [0, 0.1) is 6.92 Å². The van der Waals surface area contributed by atoms with Crippen LogP contribution in [0.4, 0.5) is 11.4 Å². The van der Waals surface area contributed by atoms with Crippen molar-refractivity contribution in [1.29, 1.82) is 0 Å². The van der Waals surface area contributed by atoms with Crippen LogP contribution in [-0.4, -0.2) is 33.5 Å². The van der Waals surface area contributed by atoms with E-state index in [1.807, 2.05) is 25.1 Å². The molecule has 16 heavy (non-hydrogen) atoms. The summed E-state index contributed by atoms with van der Waals surface area (Å²) in [5.41, 5.74) is 8.75. The number of methoxy groups -OCH3 is 1. The molecule has 0 aromatic heterocycles. The second-order valence-corrected chi connectivity index (χ2v) is 3.62. The lowest BCUT2D eigenvalue weighted by atomic mass is 10.2. The maximum atomic E-state index is 5.83. The van der Waals surface area contributed by atoms with E-state index in [1.165, 1.54) is 5.56 Å². The molecule has 0 atom stereocenters. The predicted octanol–water partition coefficient (Wildman–Crippen LogP) is 1.65. The monoisotopic (exact) mass is 224 g/mol. The molecule has 4 heteroatoms. The van der Waals surface area contributed by atoms with Gasteiger partial charge in [0.15, 0.2) is 0 Å². The number of rotatable bonds is 7. The SMILES string of the molecule is COCCOCCNc1cc(C)ccc1N. The van der Waals surface area contributed by atoms with Crippen molar-refractivity contribution in [3.8, 4) is 0 Å². The number of hydrogen-bond donors (Lipinski definition) is 2. The summed E-state index contributed by atoms with van der Waals surface area (Å²) in [4.78, 5) is 0. The molecule has 0 saturated carbocycles. The summed E-state index contributed by atoms with van der Waals surface area (Å²) in [5.74, 6) is 0. The van der Waals surface area contributed by atoms with Gasteiger partial charge in [-0.1, -0.05) is 6.07 Å². The van der Waals surface area contributed by atoms with E-state index in [9.17, 15) is 0 Å². The van der Waals surface area contributed by atoms with Crippen molar-refractivity contribution >= 4 is 11.4 Å². The van der Waals surface area contributed by atoms with E-state index in [0.717, 1.165) is 17.9 Å². The average molecular weight is 224 g/mol. The van der Waals surface area contributed by atoms with Crippen molar-refractivity contribution < 1.29 is 9.47 Å². The number of aryl methyl sites for hydroxylation is 1. The largest absolute Gasteiger partial charge is 0.397 e. The molecule has 1 rings (SSSR count). The first-order chi connectivity index (χ1) is 7.74. The summed E-state index contributed by atoms with van der Waals surface area (Å²) in [6.07, 6.45) is 0. The average Bonchev–Trinajstić information content (AvgIpc) is 2.28. The third-order valence-electron chi connectivity index (χ3n) is 2.20. The molecule has 90 valence electrons. The smallest absolute Gasteiger partial charge is 0.0701 e. The van der Waals surface area contributed by atoms with Gasteiger partial charge >= 0.3 is 0 Å². The molecular formula is C12H20N2O2. The minimum absolute atomic E-state index is 0.626. The Morgan fingerprint density at radius 3 is 2.81 bits per heavy atom. The van der Waals surface area contributed by atoms with Crippen LogP contribution in [0.2, 0.25) is 0 Å². The highest BCUT2D eigenvalue weighted by molar-refractivity contribution is 5.66. The van der Waals surface area contributed by atoms with E-state index in [-0.39, 0.29) is 0 Å². The fourth-order valence-corrected chi connectivity index (χ4v) is 1.33. The first kappa shape index (κ1) is 12.8. The third-order valence-corrected chi connectivity index (χ3v) is 2.20. The maximum Gasteiger partial charge on any atom is 0.0701 e. The Bertz CT molecular complexity index is 316. The van der Waals surface area contributed by atoms with Crippen LogP contribution in [-0.2, 0) is 9.47 Å². The number of nitrogen functional groups attached to an aromatic ring is 1. The summed E-state index contributed by atoms with van der Waals surface area (Å²) in [7, 11) is 1.66. The first-order valence-electron chi connectivity index (χ1n) is 5.40. The van der Waals surface area contributed by atoms with E-state index < -0.39 is 0 Å². The molecule has 0 bridgehead atoms. The number of ether oxygens (including phenoxy) is 2. The summed E-state index contributed by atoms with van der Waals surface area (Å²) in [6, 6.07) is 5.93. The topological polar surface area (TPSA) is 56.5 Å². The van der Waals surface area contributed by atoms with E-state index in [0.29, 0.717) is 19.8 Å². The van der Waals surface area contributed by atoms with Crippen molar-refractivity contribution in [2.75, 3.05) is 44.5 Å². The molecule has 0 saturated heterocycles. The number of hydrogen-bond acceptors (Lipinski definition) is 4. The molecule has 0 amide bonds. The fraction of sp³-hybridized carbons (Fsp3) is 0.500. The number of anilines is 2. The zero-order chi connectivity index (χ0) is 11.8. The van der Waals surface area contributed by atoms with Crippen LogP contribution in [0.25, 0.3) is 0 Å². The van der Waals surface area contributed by atoms with Gasteiger partial charge in [-0.3, -0.25) is 0 Å². The van der Waals surface area contributed by atoms with Crippen LogP contribution in [0.1, 0.15) is 5.56 Å². The van der Waals surface area contributed by atoms with Gasteiger partial charge in [0.2, 0.25) is 0 Å². The first-order valence-corrected chi connectivity index (χ1v) is 5.40. The summed E-state index contributed by atoms with van der Waals surface area (Å²) in [6.45, 7) is 4.70. The lowest BCUT2D eigenvalue weighted by Crippen LogP contribution is -2.12. The normalized spacial score (nSPS) is 10.4. The van der Waals surface area contributed by atoms with Gasteiger partial charge in [0.05, 0.1) is 31.2 Å². The standard InChI is InChI=1S/C12H20N2O2/c1-10-3-4-11(13)12(9-10)14-5-6-16-8-7-15-2/h3-4,9,14H,5-8,13H2,1-2H3. The van der Waals surface area contributed by atoms with E-state index >= 15 is 0 Å². The van der Waals surface area contributed by atoms with Crippen LogP contribution in [0.5, 0.6) is 0 Å². The van der Waals surface area contributed by atoms with Gasteiger partial charge < -0.3 is 20.5 Å². The number of nitrogens with two attached hydrogens (primary N) is 1. The number of benzene rings is 1. The molecule has 0 aliphatic rings. The lowest BCUT2D eigenvalue weighted by Gasteiger charge is -2.10. The molecule has 0 fully saturated rings. The third kappa shape index (κ3) is 4.51. The minimum Gasteiger partial charge on any atom is -0.397 e. The van der Waals surface area contributed by atoms with Gasteiger partial charge in [-0.15, -0.1) is 0 Å². The van der Waals surface area contributed by atoms with Gasteiger partial charge in [-0.05, 0) is 24.6 Å². The van der Waals surface area contributed by atoms with E-state index in [4.69, 9.17) is 15.2 Å². The highest BCUT2D eigenvalue weighted by atomic mass is 16.5. The van der Waals surface area contributed by atoms with Crippen LogP contribution < -0.4 is 11.1 Å². The Morgan fingerprint density at radius 2 is 2.06 bits per heavy atom. The predicted molar refractivity (Wildman–Crippen MR) is 66.8 cm³/mol. The van der Waals surface area contributed by atoms with Crippen LogP contribution >= 0.6 is 0 Å². The molecule has 0 spiro atoms. The molecule has 0 aliphatic carbocycles. The molecule has 1 aromatic carbocycles. The molecule has 0 aliphatic heterocycles. The quantitative estimate of drug-likeness (QED) is 0.546. The minimum atomic E-state index is 0.626. The van der Waals surface area contributed by atoms with E-state index in [2.05, 4.69) is 5.32 Å². The van der Waals surface area contributed by atoms with Gasteiger partial charge in [-0.2, -0.15) is 0 Å².